The van der Waals surface area contributed by atoms with Gasteiger partial charge < -0.3 is 5.11 Å². The van der Waals surface area contributed by atoms with Crippen molar-refractivity contribution in [3.05, 3.63) is 50.0 Å². The van der Waals surface area contributed by atoms with Gasteiger partial charge >= 0.3 is 5.97 Å². The Morgan fingerprint density at radius 2 is 1.80 bits per heavy atom. The fourth-order valence-corrected chi connectivity index (χ4v) is 2.54. The molecule has 1 heterocycles. The first-order valence-corrected chi connectivity index (χ1v) is 6.91. The van der Waals surface area contributed by atoms with Crippen LogP contribution in [0.15, 0.2) is 24.4 Å². The van der Waals surface area contributed by atoms with Crippen LogP contribution in [-0.4, -0.2) is 16.1 Å². The number of hydrogen-bond acceptors (Lipinski definition) is 2. The molecule has 0 amide bonds. The van der Waals surface area contributed by atoms with E-state index in [4.69, 9.17) is 51.5 Å². The van der Waals surface area contributed by atoms with Crippen molar-refractivity contribution in [2.45, 2.75) is 6.42 Å². The smallest absolute Gasteiger partial charge is 0.307 e. The summed E-state index contributed by atoms with van der Waals surface area (Å²) < 4.78 is 0. The second-order valence-corrected chi connectivity index (χ2v) is 5.55. The summed E-state index contributed by atoms with van der Waals surface area (Å²) in [5, 5.41) is 10.1. The van der Waals surface area contributed by atoms with Gasteiger partial charge in [0, 0.05) is 17.3 Å². The third-order valence-electron chi connectivity index (χ3n) is 2.59. The van der Waals surface area contributed by atoms with Crippen LogP contribution in [0.4, 0.5) is 0 Å². The Bertz CT molecular complexity index is 688. The molecule has 2 rings (SSSR count). The number of carbonyl (C=O) groups is 1. The first-order chi connectivity index (χ1) is 9.40. The van der Waals surface area contributed by atoms with E-state index in [1.165, 1.54) is 6.20 Å². The van der Waals surface area contributed by atoms with Crippen LogP contribution in [0.25, 0.3) is 11.3 Å². The molecule has 0 fully saturated rings. The SMILES string of the molecule is O=C(O)Cc1c(Cl)cnc(-c2ccc(Cl)c(Cl)c2)c1Cl. The molecule has 0 saturated heterocycles. The monoisotopic (exact) mass is 349 g/mol. The van der Waals surface area contributed by atoms with Gasteiger partial charge in [-0.05, 0) is 12.1 Å². The van der Waals surface area contributed by atoms with Gasteiger partial charge in [-0.15, -0.1) is 0 Å². The maximum atomic E-state index is 10.8. The normalized spacial score (nSPS) is 10.6. The van der Waals surface area contributed by atoms with Crippen molar-refractivity contribution < 1.29 is 9.90 Å². The number of benzene rings is 1. The van der Waals surface area contributed by atoms with Gasteiger partial charge in [0.05, 0.1) is 32.2 Å². The maximum absolute atomic E-state index is 10.8. The average Bonchev–Trinajstić information content (AvgIpc) is 2.38. The summed E-state index contributed by atoms with van der Waals surface area (Å²) in [6.45, 7) is 0. The highest BCUT2D eigenvalue weighted by Gasteiger charge is 2.16. The molecule has 20 heavy (non-hydrogen) atoms. The molecule has 0 aliphatic heterocycles. The molecule has 0 spiro atoms. The van der Waals surface area contributed by atoms with Crippen molar-refractivity contribution in [1.82, 2.24) is 4.98 Å². The first kappa shape index (κ1) is 15.4. The number of pyridine rings is 1. The quantitative estimate of drug-likeness (QED) is 0.848. The van der Waals surface area contributed by atoms with E-state index in [1.54, 1.807) is 18.2 Å². The van der Waals surface area contributed by atoms with Gasteiger partial charge in [-0.2, -0.15) is 0 Å². The van der Waals surface area contributed by atoms with Crippen LogP contribution in [-0.2, 0) is 11.2 Å². The summed E-state index contributed by atoms with van der Waals surface area (Å²) in [7, 11) is 0. The number of aliphatic carboxylic acids is 1. The van der Waals surface area contributed by atoms with Crippen LogP contribution in [0.3, 0.4) is 0 Å². The van der Waals surface area contributed by atoms with Crippen molar-refractivity contribution in [3.8, 4) is 11.3 Å². The van der Waals surface area contributed by atoms with Crippen LogP contribution in [0.1, 0.15) is 5.56 Å². The zero-order chi connectivity index (χ0) is 14.9. The Morgan fingerprint density at radius 3 is 2.40 bits per heavy atom. The van der Waals surface area contributed by atoms with Crippen molar-refractivity contribution >= 4 is 52.4 Å². The van der Waals surface area contributed by atoms with Gasteiger partial charge in [0.15, 0.2) is 0 Å². The van der Waals surface area contributed by atoms with E-state index in [9.17, 15) is 4.79 Å². The number of hydrogen-bond donors (Lipinski definition) is 1. The largest absolute Gasteiger partial charge is 0.481 e. The molecule has 0 aliphatic rings. The topological polar surface area (TPSA) is 50.2 Å². The van der Waals surface area contributed by atoms with E-state index in [0.29, 0.717) is 26.9 Å². The standard InChI is InChI=1S/C13H7Cl4NO2/c14-8-2-1-6(3-9(8)15)13-12(17)7(4-11(19)20)10(16)5-18-13/h1-3,5H,4H2,(H,19,20). The molecule has 0 aliphatic carbocycles. The fraction of sp³-hybridized carbons (Fsp3) is 0.0769. The molecular weight excluding hydrogens is 344 g/mol. The van der Waals surface area contributed by atoms with E-state index in [0.717, 1.165) is 0 Å². The van der Waals surface area contributed by atoms with Crippen LogP contribution < -0.4 is 0 Å². The van der Waals surface area contributed by atoms with Crippen molar-refractivity contribution in [2.75, 3.05) is 0 Å². The van der Waals surface area contributed by atoms with Gasteiger partial charge in [0.2, 0.25) is 0 Å². The number of aromatic nitrogens is 1. The molecule has 0 bridgehead atoms. The molecule has 104 valence electrons. The lowest BCUT2D eigenvalue weighted by molar-refractivity contribution is -0.136. The highest BCUT2D eigenvalue weighted by Crippen LogP contribution is 2.35. The Kier molecular flexibility index (Phi) is 4.76. The lowest BCUT2D eigenvalue weighted by atomic mass is 10.1. The van der Waals surface area contributed by atoms with E-state index < -0.39 is 5.97 Å². The third-order valence-corrected chi connectivity index (χ3v) is 4.06. The van der Waals surface area contributed by atoms with Crippen LogP contribution >= 0.6 is 46.4 Å². The predicted molar refractivity (Wildman–Crippen MR) is 81.1 cm³/mol. The van der Waals surface area contributed by atoms with Gasteiger partial charge in [-0.3, -0.25) is 9.78 Å². The van der Waals surface area contributed by atoms with E-state index in [2.05, 4.69) is 4.98 Å². The van der Waals surface area contributed by atoms with Gasteiger partial charge in [-0.1, -0.05) is 52.5 Å². The number of halogens is 4. The third kappa shape index (κ3) is 3.18. The second-order valence-electron chi connectivity index (χ2n) is 3.95. The van der Waals surface area contributed by atoms with Crippen LogP contribution in [0.2, 0.25) is 20.1 Å². The van der Waals surface area contributed by atoms with E-state index in [1.807, 2.05) is 0 Å². The summed E-state index contributed by atoms with van der Waals surface area (Å²) >= 11 is 23.9. The molecule has 0 unspecified atom stereocenters. The molecule has 3 nitrogen and oxygen atoms in total. The number of nitrogens with zero attached hydrogens (tertiary/aromatic N) is 1. The Morgan fingerprint density at radius 1 is 1.10 bits per heavy atom. The summed E-state index contributed by atoms with van der Waals surface area (Å²) in [5.41, 5.74) is 1.36. The number of carboxylic acids is 1. The van der Waals surface area contributed by atoms with Crippen molar-refractivity contribution in [3.63, 3.8) is 0 Å². The highest BCUT2D eigenvalue weighted by atomic mass is 35.5. The fourth-order valence-electron chi connectivity index (χ4n) is 1.66. The molecule has 1 N–H and O–H groups in total. The first-order valence-electron chi connectivity index (χ1n) is 5.40. The predicted octanol–water partition coefficient (Wildman–Crippen LogP) is 4.99. The lowest BCUT2D eigenvalue weighted by Crippen LogP contribution is -2.03. The molecule has 2 aromatic rings. The van der Waals surface area contributed by atoms with Gasteiger partial charge in [-0.25, -0.2) is 0 Å². The molecule has 0 atom stereocenters. The van der Waals surface area contributed by atoms with E-state index >= 15 is 0 Å². The summed E-state index contributed by atoms with van der Waals surface area (Å²) in [4.78, 5) is 15.0. The summed E-state index contributed by atoms with van der Waals surface area (Å²) in [5.74, 6) is -1.03. The second kappa shape index (κ2) is 6.19. The zero-order valence-corrected chi connectivity index (χ0v) is 12.9. The molecular formula is C13H7Cl4NO2. The molecule has 0 saturated carbocycles. The Labute approximate surface area is 135 Å². The van der Waals surface area contributed by atoms with Gasteiger partial charge in [0.1, 0.15) is 0 Å². The number of rotatable bonds is 3. The minimum atomic E-state index is -1.03. The molecule has 1 aromatic heterocycles. The Hall–Kier alpha value is -1.000. The van der Waals surface area contributed by atoms with Crippen LogP contribution in [0, 0.1) is 0 Å². The van der Waals surface area contributed by atoms with Gasteiger partial charge in [0.25, 0.3) is 0 Å². The zero-order valence-electron chi connectivity index (χ0n) is 9.83. The molecule has 1 aromatic carbocycles. The van der Waals surface area contributed by atoms with E-state index in [-0.39, 0.29) is 16.5 Å². The number of carboxylic acid groups (broad SMARTS) is 1. The molecule has 0 radical (unpaired) electrons. The summed E-state index contributed by atoms with van der Waals surface area (Å²) in [6.07, 6.45) is 1.08. The highest BCUT2D eigenvalue weighted by molar-refractivity contribution is 6.42. The van der Waals surface area contributed by atoms with Crippen LogP contribution in [0.5, 0.6) is 0 Å². The summed E-state index contributed by atoms with van der Waals surface area (Å²) in [6, 6.07) is 4.92. The minimum Gasteiger partial charge on any atom is -0.481 e. The molecule has 7 heteroatoms. The van der Waals surface area contributed by atoms with Crippen molar-refractivity contribution in [1.29, 1.82) is 0 Å². The average molecular weight is 351 g/mol. The van der Waals surface area contributed by atoms with Crippen molar-refractivity contribution in [2.24, 2.45) is 0 Å². The minimum absolute atomic E-state index is 0.193. The maximum Gasteiger partial charge on any atom is 0.307 e. The Balaban J connectivity index is 2.57. The lowest BCUT2D eigenvalue weighted by Gasteiger charge is -2.10.